The molecule has 0 bridgehead atoms. The molecule has 0 saturated heterocycles. The van der Waals surface area contributed by atoms with Crippen molar-refractivity contribution in [2.45, 2.75) is 19.9 Å². The van der Waals surface area contributed by atoms with Crippen LogP contribution in [0.3, 0.4) is 0 Å². The highest BCUT2D eigenvalue weighted by molar-refractivity contribution is 6.09. The minimum atomic E-state index is 0.127. The highest BCUT2D eigenvalue weighted by Gasteiger charge is 2.16. The van der Waals surface area contributed by atoms with Crippen LogP contribution >= 0.6 is 0 Å². The number of benzene rings is 3. The molecule has 5 rings (SSSR count). The highest BCUT2D eigenvalue weighted by Crippen LogP contribution is 2.39. The molecule has 5 aromatic rings. The Morgan fingerprint density at radius 1 is 0.719 bits per heavy atom. The maximum Gasteiger partial charge on any atom is 0.134 e. The molecule has 1 atom stereocenters. The lowest BCUT2D eigenvalue weighted by atomic mass is 9.94. The molecular formula is C29H25N3. The van der Waals surface area contributed by atoms with Gasteiger partial charge in [-0.2, -0.15) is 0 Å². The minimum absolute atomic E-state index is 0.127. The summed E-state index contributed by atoms with van der Waals surface area (Å²) in [5.74, 6) is 0.889. The second-order valence-corrected chi connectivity index (χ2v) is 8.14. The SMILES string of the molecule is Cc1cncc(-c2cnc(NC(C)c3ccccc3)c3c(-c4ccccc4)cccc23)c1. The molecule has 3 heteroatoms. The molecule has 0 amide bonds. The molecule has 156 valence electrons. The van der Waals surface area contributed by atoms with E-state index in [1.165, 1.54) is 16.7 Å². The topological polar surface area (TPSA) is 37.8 Å². The van der Waals surface area contributed by atoms with E-state index in [1.807, 2.05) is 30.7 Å². The van der Waals surface area contributed by atoms with Crippen LogP contribution in [0, 0.1) is 6.92 Å². The minimum Gasteiger partial charge on any atom is -0.363 e. The zero-order valence-electron chi connectivity index (χ0n) is 18.3. The first-order chi connectivity index (χ1) is 15.7. The fourth-order valence-corrected chi connectivity index (χ4v) is 4.23. The fourth-order valence-electron chi connectivity index (χ4n) is 4.23. The van der Waals surface area contributed by atoms with E-state index in [0.717, 1.165) is 33.3 Å². The van der Waals surface area contributed by atoms with Gasteiger partial charge in [0.15, 0.2) is 0 Å². The molecule has 32 heavy (non-hydrogen) atoms. The molecule has 0 spiro atoms. The molecule has 0 radical (unpaired) electrons. The Hall–Kier alpha value is -3.98. The molecule has 3 aromatic carbocycles. The van der Waals surface area contributed by atoms with Gasteiger partial charge in [-0.1, -0.05) is 78.9 Å². The molecule has 1 N–H and O–H groups in total. The van der Waals surface area contributed by atoms with Crippen LogP contribution in [0.15, 0.2) is 104 Å². The van der Waals surface area contributed by atoms with Gasteiger partial charge in [-0.3, -0.25) is 4.98 Å². The van der Waals surface area contributed by atoms with Crippen molar-refractivity contribution in [3.63, 3.8) is 0 Å². The number of fused-ring (bicyclic) bond motifs is 1. The maximum absolute atomic E-state index is 4.93. The molecule has 0 aliphatic carbocycles. The fraction of sp³-hybridized carbons (Fsp3) is 0.103. The van der Waals surface area contributed by atoms with Crippen molar-refractivity contribution in [1.29, 1.82) is 0 Å². The third-order valence-electron chi connectivity index (χ3n) is 5.84. The van der Waals surface area contributed by atoms with E-state index in [9.17, 15) is 0 Å². The van der Waals surface area contributed by atoms with Crippen molar-refractivity contribution in [1.82, 2.24) is 9.97 Å². The zero-order valence-corrected chi connectivity index (χ0v) is 18.3. The number of hydrogen-bond acceptors (Lipinski definition) is 3. The van der Waals surface area contributed by atoms with E-state index in [-0.39, 0.29) is 6.04 Å². The first-order valence-corrected chi connectivity index (χ1v) is 10.9. The van der Waals surface area contributed by atoms with E-state index in [0.29, 0.717) is 0 Å². The van der Waals surface area contributed by atoms with Gasteiger partial charge < -0.3 is 5.32 Å². The van der Waals surface area contributed by atoms with Crippen LogP contribution in [0.2, 0.25) is 0 Å². The summed E-state index contributed by atoms with van der Waals surface area (Å²) in [6, 6.07) is 29.8. The van der Waals surface area contributed by atoms with Gasteiger partial charge in [0.2, 0.25) is 0 Å². The van der Waals surface area contributed by atoms with Gasteiger partial charge in [0.1, 0.15) is 5.82 Å². The normalized spacial score (nSPS) is 11.9. The summed E-state index contributed by atoms with van der Waals surface area (Å²) >= 11 is 0. The van der Waals surface area contributed by atoms with E-state index in [4.69, 9.17) is 4.98 Å². The van der Waals surface area contributed by atoms with Gasteiger partial charge in [-0.15, -0.1) is 0 Å². The van der Waals surface area contributed by atoms with Crippen molar-refractivity contribution in [3.8, 4) is 22.3 Å². The summed E-state index contributed by atoms with van der Waals surface area (Å²) in [6.45, 7) is 4.24. The van der Waals surface area contributed by atoms with Crippen LogP contribution in [-0.4, -0.2) is 9.97 Å². The van der Waals surface area contributed by atoms with Crippen molar-refractivity contribution < 1.29 is 0 Å². The number of nitrogens with zero attached hydrogens (tertiary/aromatic N) is 2. The Kier molecular flexibility index (Phi) is 5.39. The highest BCUT2D eigenvalue weighted by atomic mass is 15.0. The molecule has 2 aromatic heterocycles. The Balaban J connectivity index is 1.72. The Morgan fingerprint density at radius 3 is 2.22 bits per heavy atom. The van der Waals surface area contributed by atoms with Gasteiger partial charge in [-0.25, -0.2) is 4.98 Å². The average molecular weight is 416 g/mol. The van der Waals surface area contributed by atoms with Crippen molar-refractivity contribution >= 4 is 16.6 Å². The van der Waals surface area contributed by atoms with E-state index >= 15 is 0 Å². The average Bonchev–Trinajstić information content (AvgIpc) is 2.85. The summed E-state index contributed by atoms with van der Waals surface area (Å²) in [5.41, 5.74) is 6.87. The molecule has 1 unspecified atom stereocenters. The van der Waals surface area contributed by atoms with Crippen LogP contribution < -0.4 is 5.32 Å². The Labute approximate surface area is 188 Å². The second-order valence-electron chi connectivity index (χ2n) is 8.14. The predicted octanol–water partition coefficient (Wildman–Crippen LogP) is 7.45. The number of pyridine rings is 2. The number of hydrogen-bond donors (Lipinski definition) is 1. The third kappa shape index (κ3) is 3.85. The lowest BCUT2D eigenvalue weighted by molar-refractivity contribution is 0.878. The van der Waals surface area contributed by atoms with E-state index < -0.39 is 0 Å². The lowest BCUT2D eigenvalue weighted by Gasteiger charge is -2.20. The van der Waals surface area contributed by atoms with Gasteiger partial charge in [0.05, 0.1) is 0 Å². The monoisotopic (exact) mass is 415 g/mol. The van der Waals surface area contributed by atoms with Gasteiger partial charge in [0, 0.05) is 41.1 Å². The first kappa shape index (κ1) is 20.0. The Bertz CT molecular complexity index is 1360. The van der Waals surface area contributed by atoms with Crippen molar-refractivity contribution in [3.05, 3.63) is 115 Å². The molecule has 0 aliphatic rings. The third-order valence-corrected chi connectivity index (χ3v) is 5.84. The number of aryl methyl sites for hydroxylation is 1. The summed E-state index contributed by atoms with van der Waals surface area (Å²) in [4.78, 5) is 9.34. The number of aromatic nitrogens is 2. The second kappa shape index (κ2) is 8.64. The molecule has 0 fully saturated rings. The van der Waals surface area contributed by atoms with Gasteiger partial charge in [0.25, 0.3) is 0 Å². The van der Waals surface area contributed by atoms with Crippen LogP contribution in [0.1, 0.15) is 24.1 Å². The lowest BCUT2D eigenvalue weighted by Crippen LogP contribution is -2.09. The summed E-state index contributed by atoms with van der Waals surface area (Å²) in [5, 5.41) is 5.96. The maximum atomic E-state index is 4.93. The number of anilines is 1. The zero-order chi connectivity index (χ0) is 21.9. The van der Waals surface area contributed by atoms with Crippen molar-refractivity contribution in [2.24, 2.45) is 0 Å². The summed E-state index contributed by atoms with van der Waals surface area (Å²) < 4.78 is 0. The smallest absolute Gasteiger partial charge is 0.134 e. The number of rotatable bonds is 5. The Morgan fingerprint density at radius 2 is 1.47 bits per heavy atom. The summed E-state index contributed by atoms with van der Waals surface area (Å²) in [6.07, 6.45) is 5.76. The standard InChI is InChI=1S/C29H25N3/c1-20-16-24(18-30-17-20)27-19-31-29(32-21(2)22-10-5-3-6-11-22)28-25(14-9-15-26(27)28)23-12-7-4-8-13-23/h3-19,21H,1-2H3,(H,31,32). The van der Waals surface area contributed by atoms with E-state index in [2.05, 4.69) is 96.9 Å². The van der Waals surface area contributed by atoms with Crippen LogP contribution in [0.5, 0.6) is 0 Å². The molecule has 0 aliphatic heterocycles. The van der Waals surface area contributed by atoms with Gasteiger partial charge >= 0.3 is 0 Å². The van der Waals surface area contributed by atoms with Gasteiger partial charge in [-0.05, 0) is 47.6 Å². The molecular weight excluding hydrogens is 390 g/mol. The van der Waals surface area contributed by atoms with Crippen LogP contribution in [0.25, 0.3) is 33.0 Å². The first-order valence-electron chi connectivity index (χ1n) is 10.9. The van der Waals surface area contributed by atoms with Crippen LogP contribution in [-0.2, 0) is 0 Å². The predicted molar refractivity (Wildman–Crippen MR) is 134 cm³/mol. The summed E-state index contributed by atoms with van der Waals surface area (Å²) in [7, 11) is 0. The quantitative estimate of drug-likeness (QED) is 0.324. The van der Waals surface area contributed by atoms with E-state index in [1.54, 1.807) is 0 Å². The van der Waals surface area contributed by atoms with Crippen molar-refractivity contribution in [2.75, 3.05) is 5.32 Å². The largest absolute Gasteiger partial charge is 0.363 e. The van der Waals surface area contributed by atoms with Crippen LogP contribution in [0.4, 0.5) is 5.82 Å². The molecule has 3 nitrogen and oxygen atoms in total. The molecule has 2 heterocycles. The molecule has 0 saturated carbocycles. The number of nitrogens with one attached hydrogen (secondary N) is 1.